The lowest BCUT2D eigenvalue weighted by Gasteiger charge is -2.30. The highest BCUT2D eigenvalue weighted by atomic mass is 16.6. The second-order valence-corrected chi connectivity index (χ2v) is 11.8. The highest BCUT2D eigenvalue weighted by Crippen LogP contribution is 2.31. The molecule has 1 fully saturated rings. The van der Waals surface area contributed by atoms with E-state index >= 15 is 0 Å². The molecule has 11 nitrogen and oxygen atoms in total. The molecule has 5 N–H and O–H groups in total. The van der Waals surface area contributed by atoms with Crippen molar-refractivity contribution in [2.75, 3.05) is 20.8 Å². The molecule has 1 saturated carbocycles. The van der Waals surface area contributed by atoms with Gasteiger partial charge in [-0.05, 0) is 56.9 Å². The minimum absolute atomic E-state index is 0.0923. The average Bonchev–Trinajstić information content (AvgIpc) is 3.78. The number of ketones is 2. The van der Waals surface area contributed by atoms with Gasteiger partial charge >= 0.3 is 6.09 Å². The first-order chi connectivity index (χ1) is 20.4. The minimum Gasteiger partial charge on any atom is -0.439 e. The Morgan fingerprint density at radius 1 is 1.14 bits per heavy atom. The summed E-state index contributed by atoms with van der Waals surface area (Å²) in [7, 11) is 2.95. The van der Waals surface area contributed by atoms with E-state index in [2.05, 4.69) is 10.6 Å². The molecule has 2 unspecified atom stereocenters. The number of rotatable bonds is 6. The number of fused-ring (bicyclic) bond motifs is 2. The van der Waals surface area contributed by atoms with Crippen molar-refractivity contribution in [1.82, 2.24) is 10.6 Å². The molecule has 11 heteroatoms. The summed E-state index contributed by atoms with van der Waals surface area (Å²) in [6, 6.07) is 0. The zero-order valence-corrected chi connectivity index (χ0v) is 25.8. The Hall–Kier alpha value is -3.54. The number of allylic oxidation sites excluding steroid dienone is 4. The molecule has 2 amide bonds. The van der Waals surface area contributed by atoms with E-state index in [4.69, 9.17) is 19.9 Å². The summed E-state index contributed by atoms with van der Waals surface area (Å²) in [6.45, 7) is 7.65. The fourth-order valence-corrected chi connectivity index (χ4v) is 5.35. The van der Waals surface area contributed by atoms with E-state index in [0.29, 0.717) is 30.0 Å². The maximum atomic E-state index is 13.7. The minimum atomic E-state index is -0.992. The van der Waals surface area contributed by atoms with Gasteiger partial charge in [0.05, 0.1) is 23.6 Å². The fourth-order valence-electron chi connectivity index (χ4n) is 5.35. The summed E-state index contributed by atoms with van der Waals surface area (Å²) < 4.78 is 16.6. The highest BCUT2D eigenvalue weighted by molar-refractivity contribution is 6.23. The Bertz CT molecular complexity index is 1240. The molecule has 1 aliphatic heterocycles. The number of ether oxygens (including phenoxy) is 3. The molecule has 3 rings (SSSR count). The van der Waals surface area contributed by atoms with Crippen LogP contribution in [0.25, 0.3) is 0 Å². The van der Waals surface area contributed by atoms with Crippen molar-refractivity contribution in [3.05, 3.63) is 58.5 Å². The van der Waals surface area contributed by atoms with Crippen LogP contribution in [0.1, 0.15) is 53.4 Å². The first kappa shape index (κ1) is 34.0. The highest BCUT2D eigenvalue weighted by Gasteiger charge is 2.34. The number of carbonyl (C=O) groups excluding carboxylic acids is 4. The summed E-state index contributed by atoms with van der Waals surface area (Å²) in [5.41, 5.74) is 6.69. The largest absolute Gasteiger partial charge is 0.439 e. The quantitative estimate of drug-likeness (QED) is 0.265. The number of Topliss-reactive ketones (excluding diaryl/α,β-unsaturated/α-hetero) is 1. The van der Waals surface area contributed by atoms with Crippen LogP contribution < -0.4 is 16.4 Å². The zero-order valence-electron chi connectivity index (χ0n) is 25.8. The van der Waals surface area contributed by atoms with Gasteiger partial charge in [-0.2, -0.15) is 0 Å². The molecule has 6 atom stereocenters. The SMILES string of the molecule is COC1C[C@H](C)CC2=C(NCC3CC3)C(=O)C=C(NC(=O)/C(C)=C/C=C\[C@H](OC)C(OC(N)=O)/C(C)=C/[C@H](C)[C@H]1O)C2=O. The Kier molecular flexibility index (Phi) is 12.1. The Balaban J connectivity index is 2.04. The number of amides is 2. The Labute approximate surface area is 253 Å². The predicted octanol–water partition coefficient (Wildman–Crippen LogP) is 2.76. The lowest BCUT2D eigenvalue weighted by Crippen LogP contribution is -2.38. The van der Waals surface area contributed by atoms with Gasteiger partial charge in [0.2, 0.25) is 11.6 Å². The van der Waals surface area contributed by atoms with Crippen LogP contribution in [-0.2, 0) is 28.6 Å². The molecule has 236 valence electrons. The van der Waals surface area contributed by atoms with E-state index in [1.165, 1.54) is 26.4 Å². The monoisotopic (exact) mass is 599 g/mol. The molecule has 0 aromatic heterocycles. The third kappa shape index (κ3) is 9.22. The molecule has 0 spiro atoms. The van der Waals surface area contributed by atoms with Gasteiger partial charge in [-0.1, -0.05) is 38.2 Å². The van der Waals surface area contributed by atoms with E-state index in [9.17, 15) is 24.3 Å². The molecule has 3 aliphatic rings. The topological polar surface area (TPSA) is 166 Å². The molecule has 2 aliphatic carbocycles. The van der Waals surface area contributed by atoms with Crippen LogP contribution in [0.2, 0.25) is 0 Å². The number of primary amides is 1. The van der Waals surface area contributed by atoms with Gasteiger partial charge < -0.3 is 35.7 Å². The number of hydrogen-bond donors (Lipinski definition) is 4. The van der Waals surface area contributed by atoms with E-state index in [1.54, 1.807) is 32.1 Å². The van der Waals surface area contributed by atoms with E-state index in [1.807, 2.05) is 13.8 Å². The van der Waals surface area contributed by atoms with Gasteiger partial charge in [0.25, 0.3) is 5.91 Å². The zero-order chi connectivity index (χ0) is 31.8. The van der Waals surface area contributed by atoms with Crippen LogP contribution in [0.4, 0.5) is 4.79 Å². The molecule has 0 saturated heterocycles. The van der Waals surface area contributed by atoms with Crippen LogP contribution >= 0.6 is 0 Å². The second-order valence-electron chi connectivity index (χ2n) is 11.8. The van der Waals surface area contributed by atoms with Crippen LogP contribution in [-0.4, -0.2) is 73.9 Å². The first-order valence-corrected chi connectivity index (χ1v) is 14.7. The third-order valence-corrected chi connectivity index (χ3v) is 8.06. The van der Waals surface area contributed by atoms with Crippen molar-refractivity contribution < 1.29 is 38.5 Å². The summed E-state index contributed by atoms with van der Waals surface area (Å²) in [5, 5.41) is 17.1. The number of carbonyl (C=O) groups is 4. The summed E-state index contributed by atoms with van der Waals surface area (Å²) in [4.78, 5) is 51.6. The van der Waals surface area contributed by atoms with Gasteiger partial charge in [-0.15, -0.1) is 0 Å². The average molecular weight is 600 g/mol. The first-order valence-electron chi connectivity index (χ1n) is 14.7. The molecular weight excluding hydrogens is 554 g/mol. The van der Waals surface area contributed by atoms with Crippen LogP contribution in [0.5, 0.6) is 0 Å². The van der Waals surface area contributed by atoms with E-state index < -0.39 is 48.1 Å². The summed E-state index contributed by atoms with van der Waals surface area (Å²) in [6.07, 6.45) is 6.18. The number of aliphatic hydroxyl groups excluding tert-OH is 1. The van der Waals surface area contributed by atoms with Crippen LogP contribution in [0.3, 0.4) is 0 Å². The van der Waals surface area contributed by atoms with E-state index in [-0.39, 0.29) is 35.1 Å². The molecular formula is C32H45N3O8. The molecule has 1 heterocycles. The predicted molar refractivity (Wildman–Crippen MR) is 160 cm³/mol. The van der Waals surface area contributed by atoms with Crippen LogP contribution in [0.15, 0.2) is 58.5 Å². The maximum Gasteiger partial charge on any atom is 0.405 e. The van der Waals surface area contributed by atoms with Gasteiger partial charge in [0, 0.05) is 43.9 Å². The molecule has 0 aromatic rings. The smallest absolute Gasteiger partial charge is 0.405 e. The summed E-state index contributed by atoms with van der Waals surface area (Å²) in [5.74, 6) is -1.47. The number of nitrogens with one attached hydrogen (secondary N) is 2. The Morgan fingerprint density at radius 3 is 2.44 bits per heavy atom. The van der Waals surface area contributed by atoms with Crippen molar-refractivity contribution in [3.63, 3.8) is 0 Å². The lowest BCUT2D eigenvalue weighted by molar-refractivity contribution is -0.120. The molecule has 0 aromatic carbocycles. The van der Waals surface area contributed by atoms with Crippen LogP contribution in [0, 0.1) is 17.8 Å². The number of hydrogen-bond acceptors (Lipinski definition) is 9. The number of nitrogens with two attached hydrogens (primary N) is 1. The van der Waals surface area contributed by atoms with Gasteiger partial charge in [0.1, 0.15) is 6.10 Å². The summed E-state index contributed by atoms with van der Waals surface area (Å²) >= 11 is 0. The molecule has 0 radical (unpaired) electrons. The molecule has 43 heavy (non-hydrogen) atoms. The van der Waals surface area contributed by atoms with Gasteiger partial charge in [-0.25, -0.2) is 4.79 Å². The third-order valence-electron chi connectivity index (χ3n) is 8.06. The van der Waals surface area contributed by atoms with Crippen molar-refractivity contribution in [2.24, 2.45) is 23.5 Å². The fraction of sp³-hybridized carbons (Fsp3) is 0.562. The van der Waals surface area contributed by atoms with Crippen molar-refractivity contribution in [1.29, 1.82) is 0 Å². The standard InChI is InChI=1S/C32H45N3O8/c1-17-12-22-27(34-16-21-10-11-21)24(36)15-23(29(22)38)35-31(39)18(2)8-7-9-25(41-5)30(43-32(33)40)20(4)14-19(3)28(37)26(13-17)42-6/h7-9,14-15,17,19,21,25-26,28,30,34,37H,10-13,16H2,1-6H3,(H2,33,40)(H,35,39)/b9-7-,18-8+,20-14+/t17-,19+,25+,26?,28-,30?/m1/s1. The molecule has 2 bridgehead atoms. The van der Waals surface area contributed by atoms with Gasteiger partial charge in [0.15, 0.2) is 6.10 Å². The normalized spacial score (nSPS) is 33.0. The van der Waals surface area contributed by atoms with Gasteiger partial charge in [-0.3, -0.25) is 14.4 Å². The maximum absolute atomic E-state index is 13.7. The Morgan fingerprint density at radius 2 is 1.84 bits per heavy atom. The lowest BCUT2D eigenvalue weighted by atomic mass is 9.85. The second kappa shape index (κ2) is 15.3. The van der Waals surface area contributed by atoms with E-state index in [0.717, 1.165) is 12.8 Å². The van der Waals surface area contributed by atoms with Crippen molar-refractivity contribution in [3.8, 4) is 0 Å². The van der Waals surface area contributed by atoms with Crippen molar-refractivity contribution in [2.45, 2.75) is 77.8 Å². The van der Waals surface area contributed by atoms with Crippen molar-refractivity contribution >= 4 is 23.6 Å². The number of methoxy groups -OCH3 is 2. The number of aliphatic hydroxyl groups is 1.